The quantitative estimate of drug-likeness (QED) is 0.311. The standard InChI is InChI=1S/C21H20N4O4S/c1-3-18(19(26)23-14-4-9-17-13(12-14)10-11-22-17)30-20-21(27)29-24-25(20)15-5-7-16(28-2)8-6-15/h4-12,18,24,27H,3H2,1-2H3/p+1. The first-order chi connectivity index (χ1) is 14.6. The minimum Gasteiger partial charge on any atom is -0.497 e. The number of H-pyrrole nitrogens is 2. The second-order valence-electron chi connectivity index (χ2n) is 6.60. The van der Waals surface area contributed by atoms with Crippen LogP contribution in [-0.2, 0) is 4.79 Å². The van der Waals surface area contributed by atoms with Gasteiger partial charge in [-0.15, -0.1) is 0 Å². The lowest BCUT2D eigenvalue weighted by Gasteiger charge is -2.12. The van der Waals surface area contributed by atoms with Crippen molar-refractivity contribution in [1.82, 2.24) is 10.3 Å². The first kappa shape index (κ1) is 19.8. The maximum absolute atomic E-state index is 12.9. The van der Waals surface area contributed by atoms with E-state index in [0.29, 0.717) is 28.6 Å². The number of ether oxygens (including phenoxy) is 1. The van der Waals surface area contributed by atoms with Crippen LogP contribution in [0.25, 0.3) is 16.6 Å². The summed E-state index contributed by atoms with van der Waals surface area (Å²) in [7, 11) is 1.58. The Hall–Kier alpha value is -3.46. The SMILES string of the molecule is CCC(Sc1c(=O)o[nH][n+]1-c1ccc(OC)cc1)C(=O)Nc1ccc2[nH]ccc2c1. The number of rotatable bonds is 7. The van der Waals surface area contributed by atoms with E-state index in [0.717, 1.165) is 22.7 Å². The van der Waals surface area contributed by atoms with Gasteiger partial charge in [0.25, 0.3) is 0 Å². The lowest BCUT2D eigenvalue weighted by molar-refractivity contribution is -0.704. The lowest BCUT2D eigenvalue weighted by atomic mass is 10.2. The van der Waals surface area contributed by atoms with E-state index in [1.165, 1.54) is 4.68 Å². The topological polar surface area (TPSA) is 104 Å². The Labute approximate surface area is 176 Å². The number of aromatic amines is 2. The van der Waals surface area contributed by atoms with Gasteiger partial charge in [0.05, 0.1) is 12.4 Å². The number of hydrogen-bond acceptors (Lipinski definition) is 5. The molecule has 1 amide bonds. The Morgan fingerprint density at radius 2 is 2.03 bits per heavy atom. The fourth-order valence-corrected chi connectivity index (χ4v) is 4.06. The number of aromatic nitrogens is 3. The number of carbonyl (C=O) groups excluding carboxylic acids is 1. The molecule has 8 nitrogen and oxygen atoms in total. The molecule has 1 unspecified atom stereocenters. The Morgan fingerprint density at radius 3 is 2.77 bits per heavy atom. The Bertz CT molecular complexity index is 1230. The van der Waals surface area contributed by atoms with Crippen LogP contribution in [0.1, 0.15) is 13.3 Å². The number of nitrogens with zero attached hydrogens (tertiary/aromatic N) is 1. The Balaban J connectivity index is 1.55. The van der Waals surface area contributed by atoms with E-state index in [2.05, 4.69) is 15.6 Å². The summed E-state index contributed by atoms with van der Waals surface area (Å²) < 4.78 is 11.7. The van der Waals surface area contributed by atoms with Crippen LogP contribution < -0.4 is 20.4 Å². The summed E-state index contributed by atoms with van der Waals surface area (Å²) in [6.45, 7) is 1.90. The first-order valence-electron chi connectivity index (χ1n) is 9.41. The number of thioether (sulfide) groups is 1. The van der Waals surface area contributed by atoms with Crippen molar-refractivity contribution in [3.05, 3.63) is 65.1 Å². The zero-order valence-corrected chi connectivity index (χ0v) is 17.3. The molecule has 0 spiro atoms. The molecule has 0 aliphatic carbocycles. The minimum atomic E-state index is -0.532. The molecule has 2 aromatic carbocycles. The van der Waals surface area contributed by atoms with Gasteiger partial charge in [0, 0.05) is 34.9 Å². The Morgan fingerprint density at radius 1 is 1.23 bits per heavy atom. The Kier molecular flexibility index (Phi) is 5.62. The van der Waals surface area contributed by atoms with Gasteiger partial charge in [-0.1, -0.05) is 6.92 Å². The second kappa shape index (κ2) is 8.50. The molecule has 4 aromatic rings. The molecule has 154 valence electrons. The predicted octanol–water partition coefficient (Wildman–Crippen LogP) is 3.24. The average molecular weight is 425 g/mol. The van der Waals surface area contributed by atoms with Gasteiger partial charge in [-0.2, -0.15) is 0 Å². The average Bonchev–Trinajstić information content (AvgIpc) is 3.38. The van der Waals surface area contributed by atoms with Crippen LogP contribution in [0.15, 0.2) is 69.1 Å². The van der Waals surface area contributed by atoms with Crippen LogP contribution in [0.2, 0.25) is 0 Å². The van der Waals surface area contributed by atoms with Crippen molar-refractivity contribution >= 4 is 34.3 Å². The van der Waals surface area contributed by atoms with Crippen LogP contribution in [-0.4, -0.2) is 28.5 Å². The highest BCUT2D eigenvalue weighted by atomic mass is 32.2. The number of anilines is 1. The number of amides is 1. The highest BCUT2D eigenvalue weighted by molar-refractivity contribution is 8.00. The van der Waals surface area contributed by atoms with Crippen LogP contribution in [0.3, 0.4) is 0 Å². The molecule has 30 heavy (non-hydrogen) atoms. The summed E-state index contributed by atoms with van der Waals surface area (Å²) in [5.41, 5.74) is 1.86. The fraction of sp³-hybridized carbons (Fsp3) is 0.190. The van der Waals surface area contributed by atoms with Crippen molar-refractivity contribution in [2.24, 2.45) is 0 Å². The van der Waals surface area contributed by atoms with Crippen molar-refractivity contribution in [2.45, 2.75) is 23.6 Å². The number of fused-ring (bicyclic) bond motifs is 1. The number of nitrogens with one attached hydrogen (secondary N) is 3. The maximum atomic E-state index is 12.9. The summed E-state index contributed by atoms with van der Waals surface area (Å²) >= 11 is 1.16. The molecular formula is C21H21N4O4S+. The van der Waals surface area contributed by atoms with Crippen molar-refractivity contribution in [3.63, 3.8) is 0 Å². The van der Waals surface area contributed by atoms with Gasteiger partial charge in [0.1, 0.15) is 5.75 Å². The van der Waals surface area contributed by atoms with E-state index in [4.69, 9.17) is 9.26 Å². The monoisotopic (exact) mass is 425 g/mol. The van der Waals surface area contributed by atoms with Gasteiger partial charge < -0.3 is 15.0 Å². The van der Waals surface area contributed by atoms with Crippen LogP contribution in [0, 0.1) is 0 Å². The van der Waals surface area contributed by atoms with Crippen LogP contribution >= 0.6 is 11.8 Å². The summed E-state index contributed by atoms with van der Waals surface area (Å²) in [5.74, 6) is 0.517. The van der Waals surface area contributed by atoms with Gasteiger partial charge in [-0.25, -0.2) is 4.79 Å². The van der Waals surface area contributed by atoms with Crippen LogP contribution in [0.5, 0.6) is 5.75 Å². The molecule has 2 heterocycles. The normalized spacial score (nSPS) is 12.1. The van der Waals surface area contributed by atoms with Crippen LogP contribution in [0.4, 0.5) is 5.69 Å². The molecule has 0 aliphatic heterocycles. The second-order valence-corrected chi connectivity index (χ2v) is 7.79. The molecule has 2 aromatic heterocycles. The van der Waals surface area contributed by atoms with Crippen molar-refractivity contribution in [1.29, 1.82) is 0 Å². The molecule has 1 atom stereocenters. The largest absolute Gasteiger partial charge is 0.497 e. The van der Waals surface area contributed by atoms with Gasteiger partial charge in [0.15, 0.2) is 0 Å². The molecule has 3 N–H and O–H groups in total. The maximum Gasteiger partial charge on any atom is 0.442 e. The lowest BCUT2D eigenvalue weighted by Crippen LogP contribution is -2.37. The van der Waals surface area contributed by atoms with E-state index in [-0.39, 0.29) is 5.91 Å². The third kappa shape index (κ3) is 3.97. The zero-order valence-electron chi connectivity index (χ0n) is 16.5. The van der Waals surface area contributed by atoms with E-state index in [1.807, 2.05) is 37.4 Å². The third-order valence-corrected chi connectivity index (χ3v) is 6.08. The summed E-state index contributed by atoms with van der Waals surface area (Å²) in [5, 5.41) is 6.36. The highest BCUT2D eigenvalue weighted by Gasteiger charge is 2.30. The zero-order chi connectivity index (χ0) is 21.1. The smallest absolute Gasteiger partial charge is 0.442 e. The summed E-state index contributed by atoms with van der Waals surface area (Å²) in [4.78, 5) is 28.3. The third-order valence-electron chi connectivity index (χ3n) is 4.68. The van der Waals surface area contributed by atoms with Gasteiger partial charge >= 0.3 is 10.7 Å². The molecule has 0 saturated carbocycles. The number of benzene rings is 2. The van der Waals surface area contributed by atoms with E-state index < -0.39 is 10.9 Å². The molecule has 0 bridgehead atoms. The first-order valence-corrected chi connectivity index (χ1v) is 10.3. The number of hydrogen-bond donors (Lipinski definition) is 3. The molecule has 0 fully saturated rings. The van der Waals surface area contributed by atoms with Crippen molar-refractivity contribution in [3.8, 4) is 11.4 Å². The fourth-order valence-electron chi connectivity index (χ4n) is 3.08. The molecule has 9 heteroatoms. The predicted molar refractivity (Wildman–Crippen MR) is 114 cm³/mol. The molecule has 0 saturated heterocycles. The van der Waals surface area contributed by atoms with Gasteiger partial charge in [-0.05, 0) is 64.5 Å². The molecule has 0 aliphatic rings. The van der Waals surface area contributed by atoms with E-state index in [9.17, 15) is 9.59 Å². The van der Waals surface area contributed by atoms with Gasteiger partial charge in [0.2, 0.25) is 11.6 Å². The minimum absolute atomic E-state index is 0.181. The van der Waals surface area contributed by atoms with Gasteiger partial charge in [-0.3, -0.25) is 9.32 Å². The number of methoxy groups -OCH3 is 1. The van der Waals surface area contributed by atoms with Crippen molar-refractivity contribution in [2.75, 3.05) is 12.4 Å². The summed E-state index contributed by atoms with van der Waals surface area (Å²) in [6, 6.07) is 14.8. The van der Waals surface area contributed by atoms with E-state index >= 15 is 0 Å². The molecule has 4 rings (SSSR count). The number of carbonyl (C=O) groups is 1. The highest BCUT2D eigenvalue weighted by Crippen LogP contribution is 2.24. The molecule has 0 radical (unpaired) electrons. The summed E-state index contributed by atoms with van der Waals surface area (Å²) in [6.07, 6.45) is 2.39. The van der Waals surface area contributed by atoms with Crippen molar-refractivity contribution < 1.29 is 18.7 Å². The van der Waals surface area contributed by atoms with E-state index in [1.54, 1.807) is 31.4 Å². The molecular weight excluding hydrogens is 404 g/mol.